The lowest BCUT2D eigenvalue weighted by molar-refractivity contribution is -0.148. The molecule has 5 rings (SSSR count). The molecule has 3 N–H and O–H groups in total. The largest absolute Gasteiger partial charge is 0.494 e. The van der Waals surface area contributed by atoms with Gasteiger partial charge in [0, 0.05) is 5.69 Å². The molecule has 0 aliphatic carbocycles. The number of para-hydroxylation sites is 1. The molecule has 2 aromatic rings. The SMILES string of the molecule is CCOc1ccc(NC(=O)[C@H]2[C@H]3C(=O)N([C@@H](CO)CC(C)C)C(C(=O)Nc4ccccc4Cl)C34CC[C@]2(CC)O4)cc1. The third-order valence-corrected chi connectivity index (χ3v) is 9.39. The van der Waals surface area contributed by atoms with Crippen LogP contribution in [-0.4, -0.2) is 64.2 Å². The second-order valence-electron chi connectivity index (χ2n) is 12.0. The maximum absolute atomic E-state index is 14.5. The Morgan fingerprint density at radius 1 is 1.10 bits per heavy atom. The standard InChI is InChI=1S/C32H40ClN3O6/c1-5-31-15-16-32(42-31)26(25(31)28(38)34-20-11-13-22(14-12-20)41-6-2)30(40)36(21(18-37)17-19(3)4)27(32)29(39)35-24-10-8-7-9-23(24)33/h7-14,19,21,25-27,37H,5-6,15-18H2,1-4H3,(H,34,38)(H,35,39)/t21-,25-,26+,27?,31+,32?/m1/s1. The van der Waals surface area contributed by atoms with E-state index in [1.807, 2.05) is 27.7 Å². The maximum atomic E-state index is 14.5. The highest BCUT2D eigenvalue weighted by molar-refractivity contribution is 6.33. The molecule has 3 fully saturated rings. The Balaban J connectivity index is 1.53. The van der Waals surface area contributed by atoms with E-state index in [1.54, 1.807) is 48.5 Å². The van der Waals surface area contributed by atoms with Gasteiger partial charge >= 0.3 is 0 Å². The summed E-state index contributed by atoms with van der Waals surface area (Å²) in [5.74, 6) is -1.95. The van der Waals surface area contributed by atoms with Crippen LogP contribution in [-0.2, 0) is 19.1 Å². The summed E-state index contributed by atoms with van der Waals surface area (Å²) in [4.78, 5) is 44.2. The lowest BCUT2D eigenvalue weighted by Crippen LogP contribution is -2.56. The van der Waals surface area contributed by atoms with E-state index in [2.05, 4.69) is 10.6 Å². The molecule has 2 aromatic carbocycles. The van der Waals surface area contributed by atoms with Crippen molar-refractivity contribution in [1.82, 2.24) is 4.90 Å². The average Bonchev–Trinajstić information content (AvgIpc) is 3.57. The van der Waals surface area contributed by atoms with Crippen molar-refractivity contribution in [2.75, 3.05) is 23.8 Å². The van der Waals surface area contributed by atoms with Gasteiger partial charge in [0.2, 0.25) is 17.7 Å². The Morgan fingerprint density at radius 3 is 2.43 bits per heavy atom. The van der Waals surface area contributed by atoms with E-state index >= 15 is 0 Å². The Hall–Kier alpha value is -3.14. The van der Waals surface area contributed by atoms with E-state index < -0.39 is 41.0 Å². The van der Waals surface area contributed by atoms with Gasteiger partial charge in [0.15, 0.2) is 0 Å². The van der Waals surface area contributed by atoms with Crippen molar-refractivity contribution in [3.8, 4) is 5.75 Å². The Bertz CT molecular complexity index is 1340. The van der Waals surface area contributed by atoms with Gasteiger partial charge in [0.05, 0.1) is 47.4 Å². The van der Waals surface area contributed by atoms with Crippen LogP contribution < -0.4 is 15.4 Å². The van der Waals surface area contributed by atoms with Crippen molar-refractivity contribution in [2.45, 2.75) is 76.7 Å². The van der Waals surface area contributed by atoms with Crippen LogP contribution >= 0.6 is 11.6 Å². The van der Waals surface area contributed by atoms with Gasteiger partial charge in [-0.05, 0) is 74.9 Å². The van der Waals surface area contributed by atoms with Gasteiger partial charge in [-0.15, -0.1) is 0 Å². The summed E-state index contributed by atoms with van der Waals surface area (Å²) in [6, 6.07) is 12.3. The summed E-state index contributed by atoms with van der Waals surface area (Å²) in [6.45, 7) is 8.07. The molecular weight excluding hydrogens is 558 g/mol. The van der Waals surface area contributed by atoms with Crippen LogP contribution in [0.25, 0.3) is 0 Å². The van der Waals surface area contributed by atoms with Gasteiger partial charge in [-0.3, -0.25) is 14.4 Å². The first-order valence-electron chi connectivity index (χ1n) is 14.8. The first kappa shape index (κ1) is 30.3. The monoisotopic (exact) mass is 597 g/mol. The third-order valence-electron chi connectivity index (χ3n) is 9.06. The molecule has 3 saturated heterocycles. The molecule has 6 atom stereocenters. The van der Waals surface area contributed by atoms with Gasteiger partial charge in [0.25, 0.3) is 0 Å². The molecule has 3 aliphatic rings. The summed E-state index contributed by atoms with van der Waals surface area (Å²) in [5, 5.41) is 16.7. The second kappa shape index (κ2) is 11.9. The highest BCUT2D eigenvalue weighted by Crippen LogP contribution is 2.64. The number of fused-ring (bicyclic) bond motifs is 1. The predicted molar refractivity (Wildman–Crippen MR) is 160 cm³/mol. The minimum absolute atomic E-state index is 0.151. The van der Waals surface area contributed by atoms with Crippen molar-refractivity contribution < 1.29 is 29.0 Å². The number of rotatable bonds is 11. The summed E-state index contributed by atoms with van der Waals surface area (Å²) < 4.78 is 12.3. The van der Waals surface area contributed by atoms with Crippen LogP contribution in [0.1, 0.15) is 53.4 Å². The van der Waals surface area contributed by atoms with E-state index in [0.29, 0.717) is 54.4 Å². The zero-order valence-corrected chi connectivity index (χ0v) is 25.3. The number of anilines is 2. The normalized spacial score (nSPS) is 28.6. The van der Waals surface area contributed by atoms with Crippen molar-refractivity contribution in [3.05, 3.63) is 53.6 Å². The molecule has 3 aliphatic heterocycles. The summed E-state index contributed by atoms with van der Waals surface area (Å²) in [5.41, 5.74) is -1.11. The quantitative estimate of drug-likeness (QED) is 0.340. The number of halogens is 1. The van der Waals surface area contributed by atoms with Crippen molar-refractivity contribution in [2.24, 2.45) is 17.8 Å². The molecule has 9 nitrogen and oxygen atoms in total. The van der Waals surface area contributed by atoms with E-state index in [9.17, 15) is 19.5 Å². The predicted octanol–water partition coefficient (Wildman–Crippen LogP) is 4.88. The lowest BCUT2D eigenvalue weighted by atomic mass is 9.65. The number of carbonyl (C=O) groups excluding carboxylic acids is 3. The number of likely N-dealkylation sites (tertiary alicyclic amines) is 1. The fourth-order valence-electron chi connectivity index (χ4n) is 7.35. The number of aliphatic hydroxyl groups is 1. The van der Waals surface area contributed by atoms with Gasteiger partial charge in [-0.1, -0.05) is 44.5 Å². The second-order valence-corrected chi connectivity index (χ2v) is 12.4. The molecule has 226 valence electrons. The molecule has 3 amide bonds. The first-order chi connectivity index (χ1) is 20.1. The Morgan fingerprint density at radius 2 is 1.81 bits per heavy atom. The Labute approximate surface area is 251 Å². The van der Waals surface area contributed by atoms with Gasteiger partial charge in [-0.2, -0.15) is 0 Å². The number of ether oxygens (including phenoxy) is 2. The Kier molecular flexibility index (Phi) is 8.56. The molecule has 0 saturated carbocycles. The zero-order chi connectivity index (χ0) is 30.2. The number of nitrogens with one attached hydrogen (secondary N) is 2. The minimum Gasteiger partial charge on any atom is -0.494 e. The number of hydrogen-bond donors (Lipinski definition) is 3. The van der Waals surface area contributed by atoms with Crippen LogP contribution in [0.4, 0.5) is 11.4 Å². The van der Waals surface area contributed by atoms with Crippen LogP contribution in [0.15, 0.2) is 48.5 Å². The summed E-state index contributed by atoms with van der Waals surface area (Å²) in [6.07, 6.45) is 1.98. The molecule has 3 heterocycles. The fourth-order valence-corrected chi connectivity index (χ4v) is 7.53. The highest BCUT2D eigenvalue weighted by Gasteiger charge is 2.79. The van der Waals surface area contributed by atoms with E-state index in [-0.39, 0.29) is 24.3 Å². The van der Waals surface area contributed by atoms with Gasteiger partial charge in [0.1, 0.15) is 17.4 Å². The third kappa shape index (κ3) is 5.05. The molecular formula is C32H40ClN3O6. The number of benzene rings is 2. The molecule has 10 heteroatoms. The van der Waals surface area contributed by atoms with Gasteiger partial charge in [-0.25, -0.2) is 0 Å². The summed E-state index contributed by atoms with van der Waals surface area (Å²) >= 11 is 6.37. The van der Waals surface area contributed by atoms with E-state index in [0.717, 1.165) is 0 Å². The number of hydrogen-bond acceptors (Lipinski definition) is 6. The van der Waals surface area contributed by atoms with Crippen LogP contribution in [0, 0.1) is 17.8 Å². The van der Waals surface area contributed by atoms with Crippen LogP contribution in [0.2, 0.25) is 5.02 Å². The highest BCUT2D eigenvalue weighted by atomic mass is 35.5. The van der Waals surface area contributed by atoms with Crippen molar-refractivity contribution >= 4 is 40.7 Å². The van der Waals surface area contributed by atoms with E-state index in [1.165, 1.54) is 4.90 Å². The van der Waals surface area contributed by atoms with Crippen molar-refractivity contribution in [1.29, 1.82) is 0 Å². The number of carbonyl (C=O) groups is 3. The molecule has 1 spiro atoms. The molecule has 2 unspecified atom stereocenters. The summed E-state index contributed by atoms with van der Waals surface area (Å²) in [7, 11) is 0. The topological polar surface area (TPSA) is 117 Å². The number of amides is 3. The van der Waals surface area contributed by atoms with Crippen LogP contribution in [0.3, 0.4) is 0 Å². The van der Waals surface area contributed by atoms with Crippen LogP contribution in [0.5, 0.6) is 5.75 Å². The first-order valence-corrected chi connectivity index (χ1v) is 15.2. The average molecular weight is 598 g/mol. The maximum Gasteiger partial charge on any atom is 0.250 e. The molecule has 2 bridgehead atoms. The zero-order valence-electron chi connectivity index (χ0n) is 24.6. The van der Waals surface area contributed by atoms with Gasteiger partial charge < -0.3 is 30.1 Å². The minimum atomic E-state index is -1.22. The smallest absolute Gasteiger partial charge is 0.250 e. The molecule has 0 radical (unpaired) electrons. The van der Waals surface area contributed by atoms with Crippen molar-refractivity contribution in [3.63, 3.8) is 0 Å². The lowest BCUT2D eigenvalue weighted by Gasteiger charge is -2.38. The molecule has 42 heavy (non-hydrogen) atoms. The molecule has 0 aromatic heterocycles. The number of nitrogens with zero attached hydrogens (tertiary/aromatic N) is 1. The fraction of sp³-hybridized carbons (Fsp3) is 0.531. The number of aliphatic hydroxyl groups excluding tert-OH is 1. The van der Waals surface area contributed by atoms with E-state index in [4.69, 9.17) is 21.1 Å².